The van der Waals surface area contributed by atoms with Gasteiger partial charge in [-0.25, -0.2) is 0 Å². The van der Waals surface area contributed by atoms with E-state index in [0.717, 1.165) is 0 Å². The second kappa shape index (κ2) is 6.60. The molecular weight excluding hydrogens is 338 g/mol. The van der Waals surface area contributed by atoms with Gasteiger partial charge in [0.2, 0.25) is 5.91 Å². The summed E-state index contributed by atoms with van der Waals surface area (Å²) in [6.07, 6.45) is 0. The van der Waals surface area contributed by atoms with E-state index >= 15 is 0 Å². The molecule has 0 aromatic heterocycles. The van der Waals surface area contributed by atoms with E-state index < -0.39 is 0 Å². The number of amides is 1. The van der Waals surface area contributed by atoms with Crippen LogP contribution in [0.25, 0.3) is 0 Å². The van der Waals surface area contributed by atoms with Crippen molar-refractivity contribution in [2.45, 2.75) is 19.8 Å². The predicted octanol–water partition coefficient (Wildman–Crippen LogP) is 4.74. The van der Waals surface area contributed by atoms with Crippen LogP contribution in [0.15, 0.2) is 42.5 Å². The molecule has 0 heterocycles. The van der Waals surface area contributed by atoms with Crippen LogP contribution in [0, 0.1) is 11.3 Å². The number of carbonyl (C=O) groups is 1. The minimum absolute atomic E-state index is 0.0293. The molecule has 0 spiro atoms. The Hall–Kier alpha value is -2.20. The van der Waals surface area contributed by atoms with Gasteiger partial charge in [0.25, 0.3) is 0 Å². The Labute approximate surface area is 153 Å². The molecule has 0 bridgehead atoms. The van der Waals surface area contributed by atoms with Crippen molar-refractivity contribution in [1.82, 2.24) is 0 Å². The summed E-state index contributed by atoms with van der Waals surface area (Å²) >= 11 is 6.19. The molecule has 1 fully saturated rings. The lowest BCUT2D eigenvalue weighted by Crippen LogP contribution is -2.17. The number of hydrogen-bond acceptors (Lipinski definition) is 3. The molecule has 132 valence electrons. The van der Waals surface area contributed by atoms with Gasteiger partial charge in [-0.2, -0.15) is 0 Å². The van der Waals surface area contributed by atoms with Crippen LogP contribution in [0.1, 0.15) is 25.3 Å². The Morgan fingerprint density at radius 2 is 1.72 bits per heavy atom. The molecule has 0 saturated heterocycles. The summed E-state index contributed by atoms with van der Waals surface area (Å²) in [6, 6.07) is 13.5. The topological polar surface area (TPSA) is 47.6 Å². The zero-order valence-electron chi connectivity index (χ0n) is 14.8. The summed E-state index contributed by atoms with van der Waals surface area (Å²) in [7, 11) is 3.09. The fourth-order valence-corrected chi connectivity index (χ4v) is 3.82. The van der Waals surface area contributed by atoms with Gasteiger partial charge in [0.05, 0.1) is 30.8 Å². The van der Waals surface area contributed by atoms with Crippen LogP contribution in [0.3, 0.4) is 0 Å². The lowest BCUT2D eigenvalue weighted by molar-refractivity contribution is -0.118. The van der Waals surface area contributed by atoms with Gasteiger partial charge in [0, 0.05) is 12.0 Å². The predicted molar refractivity (Wildman–Crippen MR) is 99.6 cm³/mol. The normalized spacial score (nSPS) is 20.7. The fraction of sp³-hybridized carbons (Fsp3) is 0.350. The van der Waals surface area contributed by atoms with Crippen molar-refractivity contribution in [2.75, 3.05) is 19.5 Å². The Morgan fingerprint density at radius 3 is 2.32 bits per heavy atom. The highest BCUT2D eigenvalue weighted by Crippen LogP contribution is 2.64. The zero-order chi connectivity index (χ0) is 18.2. The SMILES string of the molecule is COc1cc(OC)c(NC(=O)[C@H]2[C@H](c3ccccc3)C2(C)C)cc1Cl. The lowest BCUT2D eigenvalue weighted by Gasteiger charge is -2.13. The van der Waals surface area contributed by atoms with Crippen molar-refractivity contribution in [3.8, 4) is 11.5 Å². The Kier molecular flexibility index (Phi) is 4.65. The number of nitrogens with one attached hydrogen (secondary N) is 1. The Balaban J connectivity index is 1.83. The van der Waals surface area contributed by atoms with Crippen LogP contribution >= 0.6 is 11.6 Å². The second-order valence-electron chi connectivity index (χ2n) is 6.86. The minimum atomic E-state index is -0.0968. The highest BCUT2D eigenvalue weighted by molar-refractivity contribution is 6.32. The maximum absolute atomic E-state index is 12.9. The first-order valence-electron chi connectivity index (χ1n) is 8.17. The first kappa shape index (κ1) is 17.6. The van der Waals surface area contributed by atoms with E-state index in [-0.39, 0.29) is 23.2 Å². The van der Waals surface area contributed by atoms with Crippen LogP contribution in [-0.4, -0.2) is 20.1 Å². The molecule has 1 amide bonds. The van der Waals surface area contributed by atoms with E-state index in [9.17, 15) is 4.79 Å². The van der Waals surface area contributed by atoms with Gasteiger partial charge in [-0.15, -0.1) is 0 Å². The van der Waals surface area contributed by atoms with Crippen molar-refractivity contribution in [3.05, 3.63) is 53.1 Å². The molecule has 2 aromatic carbocycles. The van der Waals surface area contributed by atoms with Gasteiger partial charge in [0.15, 0.2) is 0 Å². The third-order valence-corrected chi connectivity index (χ3v) is 5.30. The van der Waals surface area contributed by atoms with Crippen LogP contribution in [0.2, 0.25) is 5.02 Å². The molecule has 1 N–H and O–H groups in total. The minimum Gasteiger partial charge on any atom is -0.495 e. The van der Waals surface area contributed by atoms with E-state index in [2.05, 4.69) is 31.3 Å². The number of anilines is 1. The van der Waals surface area contributed by atoms with Crippen LogP contribution in [0.4, 0.5) is 5.69 Å². The monoisotopic (exact) mass is 359 g/mol. The van der Waals surface area contributed by atoms with E-state index in [4.69, 9.17) is 21.1 Å². The van der Waals surface area contributed by atoms with E-state index in [1.807, 2.05) is 18.2 Å². The molecule has 0 aliphatic heterocycles. The summed E-state index contributed by atoms with van der Waals surface area (Å²) in [6.45, 7) is 4.24. The molecule has 1 aliphatic rings. The molecule has 0 unspecified atom stereocenters. The quantitative estimate of drug-likeness (QED) is 0.839. The molecule has 4 nitrogen and oxygen atoms in total. The molecule has 5 heteroatoms. The lowest BCUT2D eigenvalue weighted by atomic mass is 10.0. The molecule has 2 atom stereocenters. The third kappa shape index (κ3) is 3.19. The van der Waals surface area contributed by atoms with Crippen molar-refractivity contribution >= 4 is 23.2 Å². The van der Waals surface area contributed by atoms with Crippen LogP contribution in [0.5, 0.6) is 11.5 Å². The number of methoxy groups -OCH3 is 2. The first-order chi connectivity index (χ1) is 11.9. The van der Waals surface area contributed by atoms with E-state index in [0.29, 0.717) is 22.2 Å². The highest BCUT2D eigenvalue weighted by atomic mass is 35.5. The summed E-state index contributed by atoms with van der Waals surface area (Å²) in [5.74, 6) is 1.10. The van der Waals surface area contributed by atoms with Crippen LogP contribution < -0.4 is 14.8 Å². The number of hydrogen-bond donors (Lipinski definition) is 1. The molecular formula is C20H22ClNO3. The number of halogens is 1. The van der Waals surface area contributed by atoms with Gasteiger partial charge < -0.3 is 14.8 Å². The maximum Gasteiger partial charge on any atom is 0.228 e. The van der Waals surface area contributed by atoms with Crippen LogP contribution in [-0.2, 0) is 4.79 Å². The molecule has 3 rings (SSSR count). The average Bonchev–Trinajstić information content (AvgIpc) is 3.18. The second-order valence-corrected chi connectivity index (χ2v) is 7.27. The summed E-state index contributed by atoms with van der Waals surface area (Å²) in [5, 5.41) is 3.39. The van der Waals surface area contributed by atoms with Crippen molar-refractivity contribution < 1.29 is 14.3 Å². The first-order valence-corrected chi connectivity index (χ1v) is 8.55. The fourth-order valence-electron chi connectivity index (χ4n) is 3.58. The van der Waals surface area contributed by atoms with Crippen molar-refractivity contribution in [1.29, 1.82) is 0 Å². The zero-order valence-corrected chi connectivity index (χ0v) is 15.6. The average molecular weight is 360 g/mol. The smallest absolute Gasteiger partial charge is 0.228 e. The van der Waals surface area contributed by atoms with E-state index in [1.54, 1.807) is 19.2 Å². The van der Waals surface area contributed by atoms with E-state index in [1.165, 1.54) is 12.7 Å². The molecule has 1 saturated carbocycles. The molecule has 25 heavy (non-hydrogen) atoms. The van der Waals surface area contributed by atoms with Gasteiger partial charge >= 0.3 is 0 Å². The van der Waals surface area contributed by atoms with Gasteiger partial charge in [0.1, 0.15) is 11.5 Å². The standard InChI is InChI=1S/C20H22ClNO3/c1-20(2)17(12-8-6-5-7-9-12)18(20)19(23)22-14-10-13(21)15(24-3)11-16(14)25-4/h5-11,17-18H,1-4H3,(H,22,23)/t17-,18+/m0/s1. The molecule has 0 radical (unpaired) electrons. The third-order valence-electron chi connectivity index (χ3n) is 5.00. The number of ether oxygens (including phenoxy) is 2. The van der Waals surface area contributed by atoms with Crippen molar-refractivity contribution in [2.24, 2.45) is 11.3 Å². The number of carbonyl (C=O) groups excluding carboxylic acids is 1. The summed E-state index contributed by atoms with van der Waals surface area (Å²) < 4.78 is 10.5. The highest BCUT2D eigenvalue weighted by Gasteiger charge is 2.62. The largest absolute Gasteiger partial charge is 0.495 e. The maximum atomic E-state index is 12.9. The number of benzene rings is 2. The Bertz CT molecular complexity index is 789. The van der Waals surface area contributed by atoms with Gasteiger partial charge in [-0.3, -0.25) is 4.79 Å². The van der Waals surface area contributed by atoms with Gasteiger partial charge in [-0.05, 0) is 17.0 Å². The van der Waals surface area contributed by atoms with Crippen molar-refractivity contribution in [3.63, 3.8) is 0 Å². The summed E-state index contributed by atoms with van der Waals surface area (Å²) in [4.78, 5) is 12.9. The summed E-state index contributed by atoms with van der Waals surface area (Å²) in [5.41, 5.74) is 1.65. The number of rotatable bonds is 5. The molecule has 2 aromatic rings. The molecule has 1 aliphatic carbocycles. The van der Waals surface area contributed by atoms with Gasteiger partial charge in [-0.1, -0.05) is 55.8 Å². The Morgan fingerprint density at radius 1 is 1.08 bits per heavy atom.